The van der Waals surface area contributed by atoms with Crippen LogP contribution in [0.1, 0.15) is 23.6 Å². The van der Waals surface area contributed by atoms with Gasteiger partial charge in [0.1, 0.15) is 5.82 Å². The third-order valence-electron chi connectivity index (χ3n) is 3.87. The van der Waals surface area contributed by atoms with Crippen molar-refractivity contribution in [2.75, 3.05) is 5.32 Å². The Labute approximate surface area is 169 Å². The monoisotopic (exact) mass is 413 g/mol. The topological polar surface area (TPSA) is 76.7 Å². The molecule has 0 radical (unpaired) electrons. The first-order valence-corrected chi connectivity index (χ1v) is 10.2. The molecule has 0 amide bonds. The van der Waals surface area contributed by atoms with E-state index in [0.29, 0.717) is 17.3 Å². The second-order valence-corrected chi connectivity index (χ2v) is 8.64. The van der Waals surface area contributed by atoms with Crippen molar-refractivity contribution in [3.05, 3.63) is 65.8 Å². The molecule has 0 bridgehead atoms. The molecule has 0 fully saturated rings. The molecule has 142 valence electrons. The summed E-state index contributed by atoms with van der Waals surface area (Å²) < 4.78 is 19.6. The zero-order valence-corrected chi connectivity index (χ0v) is 16.7. The molecule has 0 spiro atoms. The van der Waals surface area contributed by atoms with Crippen LogP contribution < -0.4 is 5.32 Å². The highest BCUT2D eigenvalue weighted by atomic mass is 32.2. The number of nitrogens with zero attached hydrogens (tertiary/aromatic N) is 4. The van der Waals surface area contributed by atoms with Gasteiger partial charge in [-0.2, -0.15) is 0 Å². The fraction of sp³-hybridized carbons (Fsp3) is 0.158. The summed E-state index contributed by atoms with van der Waals surface area (Å²) in [5.74, 6) is 0.535. The number of nitrogens with one attached hydrogen (secondary N) is 1. The van der Waals surface area contributed by atoms with Gasteiger partial charge in [0.05, 0.1) is 5.25 Å². The van der Waals surface area contributed by atoms with Crippen LogP contribution in [0, 0.1) is 12.7 Å². The first-order chi connectivity index (χ1) is 13.6. The molecule has 1 atom stereocenters. The van der Waals surface area contributed by atoms with Crippen molar-refractivity contribution in [2.45, 2.75) is 23.4 Å². The molecule has 1 N–H and O–H groups in total. The lowest BCUT2D eigenvalue weighted by atomic mass is 10.2. The maximum atomic E-state index is 13.0. The highest BCUT2D eigenvalue weighted by Crippen LogP contribution is 2.38. The average Bonchev–Trinajstić information content (AvgIpc) is 3.34. The van der Waals surface area contributed by atoms with Crippen molar-refractivity contribution in [1.29, 1.82) is 0 Å². The van der Waals surface area contributed by atoms with Crippen molar-refractivity contribution in [2.24, 2.45) is 0 Å². The van der Waals surface area contributed by atoms with E-state index < -0.39 is 0 Å². The fourth-order valence-corrected chi connectivity index (χ4v) is 4.32. The van der Waals surface area contributed by atoms with Gasteiger partial charge in [-0.3, -0.25) is 0 Å². The summed E-state index contributed by atoms with van der Waals surface area (Å²) in [5, 5.41) is 20.4. The number of aromatic nitrogens is 4. The second kappa shape index (κ2) is 8.07. The van der Waals surface area contributed by atoms with E-state index in [4.69, 9.17) is 4.42 Å². The van der Waals surface area contributed by atoms with Crippen LogP contribution in [0.5, 0.6) is 0 Å². The molecule has 0 saturated heterocycles. The molecule has 0 unspecified atom stereocenters. The zero-order chi connectivity index (χ0) is 19.5. The predicted octanol–water partition coefficient (Wildman–Crippen LogP) is 5.63. The number of hydrogen-bond donors (Lipinski definition) is 1. The highest BCUT2D eigenvalue weighted by molar-refractivity contribution is 8.01. The first kappa shape index (κ1) is 18.6. The predicted molar refractivity (Wildman–Crippen MR) is 108 cm³/mol. The third kappa shape index (κ3) is 4.37. The number of hydrogen-bond acceptors (Lipinski definition) is 8. The van der Waals surface area contributed by atoms with E-state index >= 15 is 0 Å². The highest BCUT2D eigenvalue weighted by Gasteiger charge is 2.18. The van der Waals surface area contributed by atoms with Crippen molar-refractivity contribution in [1.82, 2.24) is 20.4 Å². The fourth-order valence-electron chi connectivity index (χ4n) is 2.38. The van der Waals surface area contributed by atoms with E-state index in [2.05, 4.69) is 25.7 Å². The van der Waals surface area contributed by atoms with Crippen LogP contribution in [0.25, 0.3) is 11.5 Å². The second-order valence-electron chi connectivity index (χ2n) is 6.08. The van der Waals surface area contributed by atoms with E-state index in [0.717, 1.165) is 15.2 Å². The van der Waals surface area contributed by atoms with E-state index in [1.165, 1.54) is 40.8 Å². The Kier molecular flexibility index (Phi) is 5.36. The Bertz CT molecular complexity index is 1060. The van der Waals surface area contributed by atoms with Crippen LogP contribution >= 0.6 is 23.1 Å². The molecule has 2 aromatic heterocycles. The van der Waals surface area contributed by atoms with E-state index in [1.54, 1.807) is 12.1 Å². The van der Waals surface area contributed by atoms with Crippen LogP contribution in [0.3, 0.4) is 0 Å². The molecular weight excluding hydrogens is 397 g/mol. The van der Waals surface area contributed by atoms with Crippen LogP contribution in [0.15, 0.2) is 57.3 Å². The number of halogens is 1. The lowest BCUT2D eigenvalue weighted by Gasteiger charge is -2.03. The minimum Gasteiger partial charge on any atom is -0.419 e. The Morgan fingerprint density at radius 1 is 1.00 bits per heavy atom. The molecule has 9 heteroatoms. The van der Waals surface area contributed by atoms with Gasteiger partial charge in [-0.25, -0.2) is 4.39 Å². The van der Waals surface area contributed by atoms with Crippen LogP contribution in [0.2, 0.25) is 0 Å². The third-order valence-corrected chi connectivity index (χ3v) is 5.88. The van der Waals surface area contributed by atoms with Crippen molar-refractivity contribution >= 4 is 33.9 Å². The molecular formula is C19H16FN5OS2. The quantitative estimate of drug-likeness (QED) is 0.410. The Balaban J connectivity index is 1.41. The summed E-state index contributed by atoms with van der Waals surface area (Å²) in [6.45, 7) is 4.00. The Morgan fingerprint density at radius 2 is 1.75 bits per heavy atom. The summed E-state index contributed by atoms with van der Waals surface area (Å²) >= 11 is 2.95. The number of rotatable bonds is 6. The molecule has 0 aliphatic carbocycles. The normalized spacial score (nSPS) is 12.1. The van der Waals surface area contributed by atoms with Gasteiger partial charge in [0, 0.05) is 11.3 Å². The van der Waals surface area contributed by atoms with Gasteiger partial charge in [0.15, 0.2) is 4.34 Å². The standard InChI is InChI=1S/C19H16FN5OS2/c1-11-3-9-15(10-4-11)21-18-24-25-19(28-18)27-12(2)16-22-23-17(26-16)13-5-7-14(20)8-6-13/h3-10,12H,1-2H3,(H,21,24)/t12-/m1/s1. The number of thioether (sulfide) groups is 1. The van der Waals surface area contributed by atoms with Gasteiger partial charge in [-0.05, 0) is 50.2 Å². The summed E-state index contributed by atoms with van der Waals surface area (Å²) in [6, 6.07) is 14.0. The maximum Gasteiger partial charge on any atom is 0.247 e. The first-order valence-electron chi connectivity index (χ1n) is 8.50. The number of aryl methyl sites for hydroxylation is 1. The van der Waals surface area contributed by atoms with Crippen LogP contribution in [-0.4, -0.2) is 20.4 Å². The molecule has 2 aromatic carbocycles. The minimum atomic E-state index is -0.307. The van der Waals surface area contributed by atoms with Gasteiger partial charge in [-0.1, -0.05) is 40.8 Å². The van der Waals surface area contributed by atoms with E-state index in [1.807, 2.05) is 38.1 Å². The van der Waals surface area contributed by atoms with Crippen LogP contribution in [0.4, 0.5) is 15.2 Å². The average molecular weight is 414 g/mol. The van der Waals surface area contributed by atoms with Crippen molar-refractivity contribution in [3.63, 3.8) is 0 Å². The van der Waals surface area contributed by atoms with Gasteiger partial charge in [-0.15, -0.1) is 20.4 Å². The van der Waals surface area contributed by atoms with Crippen LogP contribution in [-0.2, 0) is 0 Å². The number of anilines is 2. The number of benzene rings is 2. The molecule has 0 aliphatic rings. The van der Waals surface area contributed by atoms with E-state index in [-0.39, 0.29) is 11.1 Å². The minimum absolute atomic E-state index is 0.0955. The molecule has 2 heterocycles. The van der Waals surface area contributed by atoms with E-state index in [9.17, 15) is 4.39 Å². The van der Waals surface area contributed by atoms with Gasteiger partial charge < -0.3 is 9.73 Å². The smallest absolute Gasteiger partial charge is 0.247 e. The largest absolute Gasteiger partial charge is 0.419 e. The zero-order valence-electron chi connectivity index (χ0n) is 15.1. The lowest BCUT2D eigenvalue weighted by Crippen LogP contribution is -1.89. The van der Waals surface area contributed by atoms with Gasteiger partial charge in [0.25, 0.3) is 0 Å². The summed E-state index contributed by atoms with van der Waals surface area (Å²) in [5.41, 5.74) is 2.84. The molecule has 6 nitrogen and oxygen atoms in total. The van der Waals surface area contributed by atoms with Gasteiger partial charge in [0.2, 0.25) is 16.9 Å². The Morgan fingerprint density at radius 3 is 2.50 bits per heavy atom. The molecule has 4 rings (SSSR count). The lowest BCUT2D eigenvalue weighted by molar-refractivity contribution is 0.509. The summed E-state index contributed by atoms with van der Waals surface area (Å²) in [6.07, 6.45) is 0. The summed E-state index contributed by atoms with van der Waals surface area (Å²) in [7, 11) is 0. The molecule has 0 saturated carbocycles. The summed E-state index contributed by atoms with van der Waals surface area (Å²) in [4.78, 5) is 0. The molecule has 4 aromatic rings. The SMILES string of the molecule is Cc1ccc(Nc2nnc(S[C@H](C)c3nnc(-c4ccc(F)cc4)o3)s2)cc1. The molecule has 28 heavy (non-hydrogen) atoms. The van der Waals surface area contributed by atoms with Gasteiger partial charge >= 0.3 is 0 Å². The van der Waals surface area contributed by atoms with Crippen molar-refractivity contribution in [3.8, 4) is 11.5 Å². The maximum absolute atomic E-state index is 13.0. The Hall–Kier alpha value is -2.78. The molecule has 0 aliphatic heterocycles. The van der Waals surface area contributed by atoms with Crippen molar-refractivity contribution < 1.29 is 8.81 Å².